The Kier molecular flexibility index (Phi) is 6.36. The van der Waals surface area contributed by atoms with Gasteiger partial charge < -0.3 is 5.32 Å². The molecule has 1 rings (SSSR count). The van der Waals surface area contributed by atoms with Gasteiger partial charge in [-0.15, -0.1) is 0 Å². The second-order valence-electron chi connectivity index (χ2n) is 4.37. The van der Waals surface area contributed by atoms with Crippen molar-refractivity contribution < 1.29 is 8.42 Å². The van der Waals surface area contributed by atoms with Gasteiger partial charge in [0.25, 0.3) is 10.2 Å². The van der Waals surface area contributed by atoms with Crippen molar-refractivity contribution in [2.24, 2.45) is 0 Å². The molecule has 1 heterocycles. The fourth-order valence-electron chi connectivity index (χ4n) is 1.57. The molecular formula is C12H22N4O2S. The minimum atomic E-state index is -3.44. The summed E-state index contributed by atoms with van der Waals surface area (Å²) >= 11 is 0. The molecular weight excluding hydrogens is 264 g/mol. The Bertz CT molecular complexity index is 490. The van der Waals surface area contributed by atoms with Crippen LogP contribution >= 0.6 is 0 Å². The predicted octanol–water partition coefficient (Wildman–Crippen LogP) is 0.266. The van der Waals surface area contributed by atoms with Gasteiger partial charge in [-0.3, -0.25) is 4.98 Å². The number of hydrogen-bond donors (Lipinski definition) is 2. The van der Waals surface area contributed by atoms with E-state index < -0.39 is 10.2 Å². The van der Waals surface area contributed by atoms with Gasteiger partial charge in [-0.2, -0.15) is 17.4 Å². The van der Waals surface area contributed by atoms with Crippen LogP contribution in [-0.2, 0) is 16.8 Å². The first-order chi connectivity index (χ1) is 8.97. The molecule has 0 aliphatic rings. The number of aromatic nitrogens is 1. The van der Waals surface area contributed by atoms with Crippen molar-refractivity contribution in [2.45, 2.75) is 19.9 Å². The molecule has 0 aromatic carbocycles. The van der Waals surface area contributed by atoms with Crippen LogP contribution in [0.4, 0.5) is 0 Å². The van der Waals surface area contributed by atoms with E-state index in [0.29, 0.717) is 6.54 Å². The predicted molar refractivity (Wildman–Crippen MR) is 75.9 cm³/mol. The van der Waals surface area contributed by atoms with E-state index >= 15 is 0 Å². The molecule has 2 N–H and O–H groups in total. The van der Waals surface area contributed by atoms with E-state index in [0.717, 1.165) is 24.2 Å². The van der Waals surface area contributed by atoms with Crippen LogP contribution in [0.5, 0.6) is 0 Å². The van der Waals surface area contributed by atoms with Crippen molar-refractivity contribution in [1.29, 1.82) is 0 Å². The Labute approximate surface area is 115 Å². The van der Waals surface area contributed by atoms with Crippen LogP contribution in [0.3, 0.4) is 0 Å². The Morgan fingerprint density at radius 3 is 2.79 bits per heavy atom. The lowest BCUT2D eigenvalue weighted by molar-refractivity contribution is 0.447. The van der Waals surface area contributed by atoms with E-state index in [1.54, 1.807) is 13.2 Å². The molecule has 19 heavy (non-hydrogen) atoms. The summed E-state index contributed by atoms with van der Waals surface area (Å²) < 4.78 is 27.8. The number of nitrogens with one attached hydrogen (secondary N) is 2. The normalized spacial score (nSPS) is 12.0. The van der Waals surface area contributed by atoms with E-state index in [2.05, 4.69) is 15.0 Å². The first kappa shape index (κ1) is 16.0. The molecule has 0 fully saturated rings. The Morgan fingerprint density at radius 1 is 1.42 bits per heavy atom. The maximum absolute atomic E-state index is 12.0. The Morgan fingerprint density at radius 2 is 2.16 bits per heavy atom. The fourth-order valence-corrected chi connectivity index (χ4v) is 2.48. The highest BCUT2D eigenvalue weighted by molar-refractivity contribution is 7.87. The van der Waals surface area contributed by atoms with E-state index in [1.807, 2.05) is 26.1 Å². The van der Waals surface area contributed by atoms with Crippen LogP contribution in [0.15, 0.2) is 18.3 Å². The second kappa shape index (κ2) is 7.54. The minimum Gasteiger partial charge on any atom is -0.320 e. The van der Waals surface area contributed by atoms with Crippen LogP contribution in [0.25, 0.3) is 0 Å². The van der Waals surface area contributed by atoms with E-state index in [9.17, 15) is 8.42 Å². The SMILES string of the molecule is CNCCCN(C)S(=O)(=O)NCc1ncccc1C. The van der Waals surface area contributed by atoms with E-state index in [-0.39, 0.29) is 6.54 Å². The zero-order chi connectivity index (χ0) is 14.3. The lowest BCUT2D eigenvalue weighted by Crippen LogP contribution is -2.39. The molecule has 0 saturated carbocycles. The zero-order valence-electron chi connectivity index (χ0n) is 11.7. The molecule has 0 atom stereocenters. The quantitative estimate of drug-likeness (QED) is 0.673. The van der Waals surface area contributed by atoms with Crippen LogP contribution in [-0.4, -0.2) is 44.9 Å². The highest BCUT2D eigenvalue weighted by Crippen LogP contribution is 2.04. The van der Waals surface area contributed by atoms with Gasteiger partial charge in [-0.05, 0) is 38.6 Å². The van der Waals surface area contributed by atoms with Crippen LogP contribution in [0, 0.1) is 6.92 Å². The molecule has 1 aromatic rings. The fraction of sp³-hybridized carbons (Fsp3) is 0.583. The average Bonchev–Trinajstić information content (AvgIpc) is 2.38. The molecule has 0 aliphatic heterocycles. The van der Waals surface area contributed by atoms with Crippen LogP contribution < -0.4 is 10.0 Å². The van der Waals surface area contributed by atoms with Gasteiger partial charge in [-0.25, -0.2) is 0 Å². The molecule has 108 valence electrons. The highest BCUT2D eigenvalue weighted by atomic mass is 32.2. The monoisotopic (exact) mass is 286 g/mol. The summed E-state index contributed by atoms with van der Waals surface area (Å²) in [6.07, 6.45) is 2.43. The van der Waals surface area contributed by atoms with Gasteiger partial charge in [0.2, 0.25) is 0 Å². The standard InChI is InChI=1S/C12H22N4O2S/c1-11-6-4-8-14-12(11)10-15-19(17,18)16(3)9-5-7-13-2/h4,6,8,13,15H,5,7,9-10H2,1-3H3. The summed E-state index contributed by atoms with van der Waals surface area (Å²) in [7, 11) is -0.0236. The van der Waals surface area contributed by atoms with Crippen molar-refractivity contribution in [3.63, 3.8) is 0 Å². The molecule has 6 nitrogen and oxygen atoms in total. The van der Waals surface area contributed by atoms with Gasteiger partial charge in [0.15, 0.2) is 0 Å². The first-order valence-electron chi connectivity index (χ1n) is 6.23. The lowest BCUT2D eigenvalue weighted by Gasteiger charge is -2.17. The number of nitrogens with zero attached hydrogens (tertiary/aromatic N) is 2. The van der Waals surface area contributed by atoms with Gasteiger partial charge >= 0.3 is 0 Å². The topological polar surface area (TPSA) is 74.3 Å². The van der Waals surface area contributed by atoms with E-state index in [4.69, 9.17) is 0 Å². The number of pyridine rings is 1. The second-order valence-corrected chi connectivity index (χ2v) is 6.23. The summed E-state index contributed by atoms with van der Waals surface area (Å²) in [5, 5.41) is 2.99. The molecule has 0 radical (unpaired) electrons. The molecule has 0 unspecified atom stereocenters. The Hall–Kier alpha value is -1.02. The average molecular weight is 286 g/mol. The molecule has 0 aliphatic carbocycles. The van der Waals surface area contributed by atoms with Gasteiger partial charge in [0.05, 0.1) is 12.2 Å². The van der Waals surface area contributed by atoms with Crippen LogP contribution in [0.1, 0.15) is 17.7 Å². The van der Waals surface area contributed by atoms with Crippen molar-refractivity contribution in [3.05, 3.63) is 29.6 Å². The van der Waals surface area contributed by atoms with Gasteiger partial charge in [0.1, 0.15) is 0 Å². The maximum Gasteiger partial charge on any atom is 0.279 e. The molecule has 7 heteroatoms. The Balaban J connectivity index is 2.53. The third-order valence-electron chi connectivity index (χ3n) is 2.85. The van der Waals surface area contributed by atoms with Crippen molar-refractivity contribution in [3.8, 4) is 0 Å². The van der Waals surface area contributed by atoms with Crippen molar-refractivity contribution in [1.82, 2.24) is 19.3 Å². The minimum absolute atomic E-state index is 0.214. The van der Waals surface area contributed by atoms with Gasteiger partial charge in [-0.1, -0.05) is 6.07 Å². The first-order valence-corrected chi connectivity index (χ1v) is 7.67. The number of rotatable bonds is 8. The molecule has 0 saturated heterocycles. The zero-order valence-corrected chi connectivity index (χ0v) is 12.5. The van der Waals surface area contributed by atoms with E-state index in [1.165, 1.54) is 4.31 Å². The highest BCUT2D eigenvalue weighted by Gasteiger charge is 2.16. The van der Waals surface area contributed by atoms with Crippen molar-refractivity contribution >= 4 is 10.2 Å². The number of aryl methyl sites for hydroxylation is 1. The molecule has 0 bridgehead atoms. The third-order valence-corrected chi connectivity index (χ3v) is 4.36. The lowest BCUT2D eigenvalue weighted by atomic mass is 10.2. The third kappa shape index (κ3) is 5.23. The van der Waals surface area contributed by atoms with Crippen molar-refractivity contribution in [2.75, 3.05) is 27.2 Å². The summed E-state index contributed by atoms with van der Waals surface area (Å²) in [5.74, 6) is 0. The van der Waals surface area contributed by atoms with Crippen LogP contribution in [0.2, 0.25) is 0 Å². The molecule has 1 aromatic heterocycles. The van der Waals surface area contributed by atoms with Gasteiger partial charge in [0, 0.05) is 19.8 Å². The summed E-state index contributed by atoms with van der Waals surface area (Å²) in [4.78, 5) is 4.16. The summed E-state index contributed by atoms with van der Waals surface area (Å²) in [5.41, 5.74) is 1.72. The largest absolute Gasteiger partial charge is 0.320 e. The summed E-state index contributed by atoms with van der Waals surface area (Å²) in [6.45, 7) is 3.40. The summed E-state index contributed by atoms with van der Waals surface area (Å²) in [6, 6.07) is 3.74. The smallest absolute Gasteiger partial charge is 0.279 e. The maximum atomic E-state index is 12.0. The molecule has 0 spiro atoms. The molecule has 0 amide bonds. The number of hydrogen-bond acceptors (Lipinski definition) is 4.